The third-order valence-corrected chi connectivity index (χ3v) is 4.71. The number of aromatic nitrogens is 2. The van der Waals surface area contributed by atoms with Gasteiger partial charge in [0, 0.05) is 18.8 Å². The number of pyridine rings is 1. The molecule has 4 aromatic rings. The number of fused-ring (bicyclic) bond motifs is 1. The molecule has 2 aromatic heterocycles. The van der Waals surface area contributed by atoms with Gasteiger partial charge in [-0.1, -0.05) is 66.7 Å². The van der Waals surface area contributed by atoms with E-state index in [9.17, 15) is 4.79 Å². The van der Waals surface area contributed by atoms with Gasteiger partial charge >= 0.3 is 0 Å². The minimum Gasteiger partial charge on any atom is -0.290 e. The third-order valence-electron chi connectivity index (χ3n) is 4.71. The molecule has 2 heterocycles. The topological polar surface area (TPSA) is 37.6 Å². The van der Waals surface area contributed by atoms with Gasteiger partial charge in [-0.15, -0.1) is 0 Å². The number of hydrogen-bond acceptors (Lipinski definition) is 3. The molecule has 0 bridgehead atoms. The lowest BCUT2D eigenvalue weighted by Gasteiger charge is -2.29. The van der Waals surface area contributed by atoms with Crippen molar-refractivity contribution < 1.29 is 0 Å². The fourth-order valence-corrected chi connectivity index (χ4v) is 3.50. The second-order valence-corrected chi connectivity index (χ2v) is 6.65. The van der Waals surface area contributed by atoms with E-state index in [1.54, 1.807) is 16.7 Å². The second kappa shape index (κ2) is 7.56. The Labute approximate surface area is 158 Å². The van der Waals surface area contributed by atoms with E-state index in [1.165, 1.54) is 11.1 Å². The van der Waals surface area contributed by atoms with Crippen molar-refractivity contribution >= 4 is 5.65 Å². The fourth-order valence-electron chi connectivity index (χ4n) is 3.50. The molecule has 0 saturated heterocycles. The summed E-state index contributed by atoms with van der Waals surface area (Å²) in [5.41, 5.74) is 3.81. The minimum atomic E-state index is -0.0556. The van der Waals surface area contributed by atoms with Gasteiger partial charge < -0.3 is 0 Å². The Morgan fingerprint density at radius 3 is 2.11 bits per heavy atom. The highest BCUT2D eigenvalue weighted by molar-refractivity contribution is 5.38. The number of rotatable bonds is 5. The minimum absolute atomic E-state index is 0.0556. The number of hydrogen-bond donors (Lipinski definition) is 0. The van der Waals surface area contributed by atoms with Crippen LogP contribution in [0.5, 0.6) is 0 Å². The van der Waals surface area contributed by atoms with Crippen LogP contribution in [-0.4, -0.2) is 21.3 Å². The van der Waals surface area contributed by atoms with Gasteiger partial charge in [0.15, 0.2) is 0 Å². The zero-order valence-electron chi connectivity index (χ0n) is 15.2. The molecule has 4 rings (SSSR count). The molecule has 2 aromatic carbocycles. The molecule has 27 heavy (non-hydrogen) atoms. The molecule has 0 saturated carbocycles. The third kappa shape index (κ3) is 3.66. The quantitative estimate of drug-likeness (QED) is 0.545. The average Bonchev–Trinajstić information content (AvgIpc) is 2.70. The van der Waals surface area contributed by atoms with Crippen LogP contribution >= 0.6 is 0 Å². The van der Waals surface area contributed by atoms with Crippen molar-refractivity contribution in [2.24, 2.45) is 0 Å². The second-order valence-electron chi connectivity index (χ2n) is 6.65. The van der Waals surface area contributed by atoms with Crippen LogP contribution in [0, 0.1) is 0 Å². The molecular weight excluding hydrogens is 334 g/mol. The summed E-state index contributed by atoms with van der Waals surface area (Å²) >= 11 is 0. The fraction of sp³-hybridized carbons (Fsp3) is 0.130. The van der Waals surface area contributed by atoms with Gasteiger partial charge in [-0.3, -0.25) is 14.1 Å². The summed E-state index contributed by atoms with van der Waals surface area (Å²) in [4.78, 5) is 19.3. The smallest absolute Gasteiger partial charge is 0.258 e. The number of nitrogens with zero attached hydrogens (tertiary/aromatic N) is 3. The molecule has 0 unspecified atom stereocenters. The van der Waals surface area contributed by atoms with E-state index in [-0.39, 0.29) is 11.6 Å². The van der Waals surface area contributed by atoms with E-state index < -0.39 is 0 Å². The molecule has 0 aliphatic heterocycles. The van der Waals surface area contributed by atoms with E-state index in [0.717, 1.165) is 5.69 Å². The first-order valence-corrected chi connectivity index (χ1v) is 9.00. The first kappa shape index (κ1) is 17.2. The van der Waals surface area contributed by atoms with Crippen LogP contribution in [-0.2, 0) is 6.54 Å². The van der Waals surface area contributed by atoms with Crippen LogP contribution in [0.25, 0.3) is 5.65 Å². The predicted molar refractivity (Wildman–Crippen MR) is 108 cm³/mol. The van der Waals surface area contributed by atoms with Crippen molar-refractivity contribution in [3.05, 3.63) is 118 Å². The zero-order valence-corrected chi connectivity index (χ0v) is 15.2. The molecule has 0 N–H and O–H groups in total. The Morgan fingerprint density at radius 1 is 0.889 bits per heavy atom. The van der Waals surface area contributed by atoms with Gasteiger partial charge in [0.2, 0.25) is 0 Å². The first-order chi connectivity index (χ1) is 13.2. The van der Waals surface area contributed by atoms with Crippen LogP contribution in [0.2, 0.25) is 0 Å². The summed E-state index contributed by atoms with van der Waals surface area (Å²) in [6.45, 7) is 0.578. The summed E-state index contributed by atoms with van der Waals surface area (Å²) in [5, 5.41) is 0. The van der Waals surface area contributed by atoms with Crippen molar-refractivity contribution in [3.63, 3.8) is 0 Å². The largest absolute Gasteiger partial charge is 0.290 e. The highest BCUT2D eigenvalue weighted by Gasteiger charge is 2.20. The van der Waals surface area contributed by atoms with Crippen LogP contribution < -0.4 is 5.56 Å². The van der Waals surface area contributed by atoms with E-state index in [2.05, 4.69) is 65.5 Å². The predicted octanol–water partition coefficient (Wildman–Crippen LogP) is 3.92. The maximum atomic E-state index is 12.4. The standard InChI is InChI=1S/C23H21N3O/c1-25(17-20-16-22(27)26-15-9-8-14-21(26)24-20)23(18-10-4-2-5-11-18)19-12-6-3-7-13-19/h2-16,23H,17H2,1H3. The highest BCUT2D eigenvalue weighted by Crippen LogP contribution is 2.28. The van der Waals surface area contributed by atoms with Crippen LogP contribution in [0.4, 0.5) is 0 Å². The van der Waals surface area contributed by atoms with E-state index in [0.29, 0.717) is 12.2 Å². The summed E-state index contributed by atoms with van der Waals surface area (Å²) < 4.78 is 1.56. The van der Waals surface area contributed by atoms with Crippen molar-refractivity contribution in [2.45, 2.75) is 12.6 Å². The molecular formula is C23H21N3O. The lowest BCUT2D eigenvalue weighted by atomic mass is 9.97. The Balaban J connectivity index is 1.70. The van der Waals surface area contributed by atoms with Gasteiger partial charge in [0.25, 0.3) is 5.56 Å². The Hall–Kier alpha value is -3.24. The zero-order chi connectivity index (χ0) is 18.6. The SMILES string of the molecule is CN(Cc1cc(=O)n2ccccc2n1)C(c1ccccc1)c1ccccc1. The van der Waals surface area contributed by atoms with E-state index in [1.807, 2.05) is 30.3 Å². The van der Waals surface area contributed by atoms with Gasteiger partial charge in [0.05, 0.1) is 11.7 Å². The Bertz CT molecular complexity index is 1050. The van der Waals surface area contributed by atoms with Crippen LogP contribution in [0.1, 0.15) is 22.9 Å². The van der Waals surface area contributed by atoms with Crippen LogP contribution in [0.3, 0.4) is 0 Å². The van der Waals surface area contributed by atoms with Crippen molar-refractivity contribution in [1.29, 1.82) is 0 Å². The van der Waals surface area contributed by atoms with E-state index in [4.69, 9.17) is 0 Å². The van der Waals surface area contributed by atoms with Crippen molar-refractivity contribution in [1.82, 2.24) is 14.3 Å². The van der Waals surface area contributed by atoms with Crippen molar-refractivity contribution in [2.75, 3.05) is 7.05 Å². The maximum absolute atomic E-state index is 12.4. The lowest BCUT2D eigenvalue weighted by Crippen LogP contribution is -2.27. The molecule has 0 fully saturated rings. The molecule has 134 valence electrons. The van der Waals surface area contributed by atoms with Gasteiger partial charge in [0.1, 0.15) is 5.65 Å². The molecule has 0 spiro atoms. The molecule has 0 amide bonds. The summed E-state index contributed by atoms with van der Waals surface area (Å²) in [6, 6.07) is 28.1. The maximum Gasteiger partial charge on any atom is 0.258 e. The highest BCUT2D eigenvalue weighted by atomic mass is 16.1. The molecule has 4 nitrogen and oxygen atoms in total. The van der Waals surface area contributed by atoms with Crippen molar-refractivity contribution in [3.8, 4) is 0 Å². The summed E-state index contributed by atoms with van der Waals surface area (Å²) in [5.74, 6) is 0. The number of benzene rings is 2. The Morgan fingerprint density at radius 2 is 1.48 bits per heavy atom. The molecule has 0 radical (unpaired) electrons. The average molecular weight is 355 g/mol. The lowest BCUT2D eigenvalue weighted by molar-refractivity contribution is 0.267. The molecule has 0 aliphatic carbocycles. The molecule has 0 atom stereocenters. The van der Waals surface area contributed by atoms with E-state index >= 15 is 0 Å². The molecule has 0 aliphatic rings. The Kier molecular flexibility index (Phi) is 4.81. The normalized spacial score (nSPS) is 11.4. The van der Waals surface area contributed by atoms with Gasteiger partial charge in [-0.05, 0) is 30.3 Å². The first-order valence-electron chi connectivity index (χ1n) is 9.00. The molecule has 4 heteroatoms. The summed E-state index contributed by atoms with van der Waals surface area (Å²) in [7, 11) is 2.07. The summed E-state index contributed by atoms with van der Waals surface area (Å²) in [6.07, 6.45) is 1.74. The van der Waals surface area contributed by atoms with Gasteiger partial charge in [-0.25, -0.2) is 4.98 Å². The van der Waals surface area contributed by atoms with Gasteiger partial charge in [-0.2, -0.15) is 0 Å². The monoisotopic (exact) mass is 355 g/mol. The van der Waals surface area contributed by atoms with Crippen LogP contribution in [0.15, 0.2) is 95.9 Å².